The number of hydrogen-bond acceptors (Lipinski definition) is 13. The first-order valence-corrected chi connectivity index (χ1v) is 13.5. The summed E-state index contributed by atoms with van der Waals surface area (Å²) in [4.78, 5) is 93.9. The van der Waals surface area contributed by atoms with Crippen LogP contribution in [0.25, 0.3) is 0 Å². The van der Waals surface area contributed by atoms with E-state index in [0.29, 0.717) is 24.4 Å². The molecule has 11 N–H and O–H groups in total. The number of carbonyl (C=O) groups excluding carboxylic acids is 6. The monoisotopic (exact) mass is 636 g/mol. The Hall–Kier alpha value is -4.47. The number of nitro groups is 1. The van der Waals surface area contributed by atoms with Crippen molar-refractivity contribution >= 4 is 42.4 Å². The van der Waals surface area contributed by atoms with E-state index in [4.69, 9.17) is 5.73 Å². The van der Waals surface area contributed by atoms with Gasteiger partial charge in [0.1, 0.15) is 24.2 Å². The molecule has 0 aliphatic rings. The van der Waals surface area contributed by atoms with Crippen LogP contribution in [0.1, 0.15) is 38.5 Å². The summed E-state index contributed by atoms with van der Waals surface area (Å²) in [7, 11) is 0. The molecule has 0 bridgehead atoms. The first-order valence-electron chi connectivity index (χ1n) is 13.5. The van der Waals surface area contributed by atoms with E-state index in [1.807, 2.05) is 10.6 Å². The van der Waals surface area contributed by atoms with Crippen LogP contribution < -0.4 is 32.3 Å². The summed E-state index contributed by atoms with van der Waals surface area (Å²) in [5.41, 5.74) is 5.41. The van der Waals surface area contributed by atoms with Crippen LogP contribution in [0.5, 0.6) is 0 Å². The number of rotatable bonds is 25. The van der Waals surface area contributed by atoms with Crippen LogP contribution >= 0.6 is 0 Å². The first-order chi connectivity index (χ1) is 20.8. The molecule has 6 amide bonds. The Balaban J connectivity index is 5.72. The van der Waals surface area contributed by atoms with E-state index in [0.717, 1.165) is 0 Å². The molecule has 0 radical (unpaired) electrons. The summed E-state index contributed by atoms with van der Waals surface area (Å²) in [6, 6.07) is -6.84. The summed E-state index contributed by atoms with van der Waals surface area (Å²) < 4.78 is 0. The molecule has 0 rings (SSSR count). The minimum absolute atomic E-state index is 0.0309. The van der Waals surface area contributed by atoms with Gasteiger partial charge in [0.05, 0.1) is 6.61 Å². The van der Waals surface area contributed by atoms with Crippen LogP contribution in [0.15, 0.2) is 0 Å². The van der Waals surface area contributed by atoms with Crippen molar-refractivity contribution in [2.24, 2.45) is 5.73 Å². The van der Waals surface area contributed by atoms with Gasteiger partial charge in [0.25, 0.3) is 0 Å². The van der Waals surface area contributed by atoms with Gasteiger partial charge in [0.2, 0.25) is 43.0 Å². The van der Waals surface area contributed by atoms with Gasteiger partial charge >= 0.3 is 5.97 Å². The number of unbranched alkanes of at least 4 members (excludes halogenated alkanes) is 1. The third kappa shape index (κ3) is 15.7. The van der Waals surface area contributed by atoms with Crippen molar-refractivity contribution in [3.05, 3.63) is 10.1 Å². The van der Waals surface area contributed by atoms with E-state index in [-0.39, 0.29) is 51.6 Å². The lowest BCUT2D eigenvalue weighted by atomic mass is 10.1. The lowest BCUT2D eigenvalue weighted by molar-refractivity contribution is -0.480. The van der Waals surface area contributed by atoms with Gasteiger partial charge in [-0.3, -0.25) is 44.1 Å². The maximum absolute atomic E-state index is 12.9. The highest BCUT2D eigenvalue weighted by Gasteiger charge is 2.37. The predicted octanol–water partition coefficient (Wildman–Crippen LogP) is -5.47. The van der Waals surface area contributed by atoms with Gasteiger partial charge in [-0.25, -0.2) is 9.86 Å². The van der Waals surface area contributed by atoms with E-state index >= 15 is 0 Å². The van der Waals surface area contributed by atoms with Crippen molar-refractivity contribution in [3.63, 3.8) is 0 Å². The Labute approximate surface area is 251 Å². The van der Waals surface area contributed by atoms with Gasteiger partial charge < -0.3 is 47.6 Å². The van der Waals surface area contributed by atoms with Gasteiger partial charge in [-0.2, -0.15) is 0 Å². The molecule has 250 valence electrons. The number of nitrogens with zero attached hydrogens (tertiary/aromatic N) is 2. The Morgan fingerprint density at radius 3 is 2.05 bits per heavy atom. The van der Waals surface area contributed by atoms with E-state index in [2.05, 4.69) is 16.0 Å². The van der Waals surface area contributed by atoms with Crippen molar-refractivity contribution < 1.29 is 59.0 Å². The summed E-state index contributed by atoms with van der Waals surface area (Å²) >= 11 is 0. The molecule has 44 heavy (non-hydrogen) atoms. The van der Waals surface area contributed by atoms with Gasteiger partial charge in [-0.15, -0.1) is 0 Å². The second-order valence-electron chi connectivity index (χ2n) is 9.31. The van der Waals surface area contributed by atoms with Crippen LogP contribution in [-0.4, -0.2) is 136 Å². The molecule has 5 atom stereocenters. The van der Waals surface area contributed by atoms with Crippen molar-refractivity contribution in [2.45, 2.75) is 68.8 Å². The molecule has 0 aliphatic carbocycles. The standard InChI is InChI=1S/C23H40N8O13/c24-7-1-2-8-25-19(36)15(6-3-9-30(42)13-34)27-21(38)16(11-32)28-22(39)17(18(35)23(40)41)29-20(37)14(26-12-33)5-4-10-31(43)44/h12-18,32,35,42H,1-11,24H2,(H,25,36)(H,26,33)(H,27,38)(H,28,39)(H,29,37)(H,40,41)/t14-,15-,16-,17+,18+/m0/s1. The number of amides is 6. The molecule has 0 aromatic rings. The quantitative estimate of drug-likeness (QED) is 0.0147. The van der Waals surface area contributed by atoms with Gasteiger partial charge in [0, 0.05) is 24.4 Å². The third-order valence-electron chi connectivity index (χ3n) is 5.95. The number of carbonyl (C=O) groups is 7. The average molecular weight is 637 g/mol. The molecule has 21 heteroatoms. The number of carboxylic acids is 1. The van der Waals surface area contributed by atoms with Crippen molar-refractivity contribution in [3.8, 4) is 0 Å². The van der Waals surface area contributed by atoms with E-state index in [1.54, 1.807) is 0 Å². The van der Waals surface area contributed by atoms with Crippen LogP contribution in [0.2, 0.25) is 0 Å². The largest absolute Gasteiger partial charge is 0.479 e. The molecule has 0 heterocycles. The van der Waals surface area contributed by atoms with Crippen molar-refractivity contribution in [1.29, 1.82) is 0 Å². The molecular weight excluding hydrogens is 596 g/mol. The molecule has 0 saturated heterocycles. The maximum atomic E-state index is 12.9. The number of nitrogens with two attached hydrogens (primary N) is 1. The molecular formula is C23H40N8O13. The molecule has 0 aromatic heterocycles. The number of nitrogens with one attached hydrogen (secondary N) is 5. The fraction of sp³-hybridized carbons (Fsp3) is 0.696. The van der Waals surface area contributed by atoms with Crippen LogP contribution in [0.3, 0.4) is 0 Å². The second-order valence-corrected chi connectivity index (χ2v) is 9.31. The zero-order valence-corrected chi connectivity index (χ0v) is 23.8. The molecule has 0 aromatic carbocycles. The summed E-state index contributed by atoms with van der Waals surface area (Å²) in [6.07, 6.45) is -1.80. The molecule has 0 spiro atoms. The Morgan fingerprint density at radius 1 is 0.886 bits per heavy atom. The van der Waals surface area contributed by atoms with E-state index in [9.17, 15) is 64.2 Å². The SMILES string of the molecule is NCCCCNC(=O)[C@H](CCCN(O)C=O)NC(=O)[C@H](CO)NC(=O)[C@H](NC(=O)[C@H](CCC[N+](=O)[O-])NC=O)[C@@H](O)C(=O)O. The van der Waals surface area contributed by atoms with Crippen molar-refractivity contribution in [1.82, 2.24) is 31.6 Å². The third-order valence-corrected chi connectivity index (χ3v) is 5.95. The second kappa shape index (κ2) is 22.1. The zero-order chi connectivity index (χ0) is 33.7. The topological polar surface area (TPSA) is 333 Å². The minimum atomic E-state index is -2.58. The number of aliphatic hydroxyl groups is 2. The van der Waals surface area contributed by atoms with Crippen LogP contribution in [-0.2, 0) is 33.6 Å². The summed E-state index contributed by atoms with van der Waals surface area (Å²) in [5, 5.41) is 60.0. The highest BCUT2D eigenvalue weighted by molar-refractivity contribution is 5.97. The van der Waals surface area contributed by atoms with Crippen molar-refractivity contribution in [2.75, 3.05) is 32.8 Å². The number of aliphatic carboxylic acids is 1. The van der Waals surface area contributed by atoms with Crippen LogP contribution in [0, 0.1) is 10.1 Å². The van der Waals surface area contributed by atoms with Gasteiger partial charge in [-0.05, 0) is 38.6 Å². The number of carboxylic acid groups (broad SMARTS) is 1. The predicted molar refractivity (Wildman–Crippen MR) is 146 cm³/mol. The Morgan fingerprint density at radius 2 is 1.50 bits per heavy atom. The number of hydroxylamine groups is 2. The van der Waals surface area contributed by atoms with E-state index in [1.165, 1.54) is 0 Å². The van der Waals surface area contributed by atoms with E-state index < -0.39 is 77.9 Å². The fourth-order valence-electron chi connectivity index (χ4n) is 3.59. The molecule has 0 unspecified atom stereocenters. The summed E-state index contributed by atoms with van der Waals surface area (Å²) in [5.74, 6) is -6.42. The average Bonchev–Trinajstić information content (AvgIpc) is 2.98. The molecule has 0 fully saturated rings. The van der Waals surface area contributed by atoms with Gasteiger partial charge in [0.15, 0.2) is 6.10 Å². The first kappa shape index (κ1) is 39.5. The normalized spacial score (nSPS) is 14.0. The van der Waals surface area contributed by atoms with Gasteiger partial charge in [-0.1, -0.05) is 0 Å². The maximum Gasteiger partial charge on any atom is 0.335 e. The number of hydrogen-bond donors (Lipinski definition) is 10. The lowest BCUT2D eigenvalue weighted by Gasteiger charge is -2.26. The summed E-state index contributed by atoms with van der Waals surface area (Å²) in [6.45, 7) is -1.28. The molecule has 0 saturated carbocycles. The minimum Gasteiger partial charge on any atom is -0.479 e. The molecule has 21 nitrogen and oxygen atoms in total. The fourth-order valence-corrected chi connectivity index (χ4v) is 3.59. The number of aliphatic hydroxyl groups excluding tert-OH is 2. The highest BCUT2D eigenvalue weighted by Crippen LogP contribution is 2.04. The Bertz CT molecular complexity index is 986. The molecule has 0 aliphatic heterocycles. The lowest BCUT2D eigenvalue weighted by Crippen LogP contribution is -2.62. The Kier molecular flexibility index (Phi) is 19.9. The highest BCUT2D eigenvalue weighted by atomic mass is 16.6. The smallest absolute Gasteiger partial charge is 0.335 e. The van der Waals surface area contributed by atoms with Crippen LogP contribution in [0.4, 0.5) is 0 Å². The zero-order valence-electron chi connectivity index (χ0n) is 23.8.